The van der Waals surface area contributed by atoms with Gasteiger partial charge in [0.25, 0.3) is 0 Å². The molecule has 4 rings (SSSR count). The highest BCUT2D eigenvalue weighted by atomic mass is 16.5. The maximum Gasteiger partial charge on any atom is 0.213 e. The normalized spacial score (nSPS) is 10.8. The van der Waals surface area contributed by atoms with Crippen LogP contribution in [-0.4, -0.2) is 26.5 Å². The van der Waals surface area contributed by atoms with Gasteiger partial charge in [-0.1, -0.05) is 12.1 Å². The molecule has 0 radical (unpaired) electrons. The Labute approximate surface area is 144 Å². The van der Waals surface area contributed by atoms with E-state index in [9.17, 15) is 0 Å². The van der Waals surface area contributed by atoms with Crippen molar-refractivity contribution < 1.29 is 4.74 Å². The van der Waals surface area contributed by atoms with Crippen LogP contribution >= 0.6 is 0 Å². The molecule has 1 aromatic carbocycles. The molecule has 0 bridgehead atoms. The van der Waals surface area contributed by atoms with E-state index < -0.39 is 0 Å². The Morgan fingerprint density at radius 3 is 2.56 bits per heavy atom. The van der Waals surface area contributed by atoms with Gasteiger partial charge in [-0.15, -0.1) is 0 Å². The molecule has 3 heterocycles. The lowest BCUT2D eigenvalue weighted by Gasteiger charge is -2.08. The van der Waals surface area contributed by atoms with Gasteiger partial charge in [-0.2, -0.15) is 0 Å². The highest BCUT2D eigenvalue weighted by Gasteiger charge is 2.10. The van der Waals surface area contributed by atoms with Crippen molar-refractivity contribution in [2.75, 3.05) is 18.2 Å². The summed E-state index contributed by atoms with van der Waals surface area (Å²) in [7, 11) is 1.58. The van der Waals surface area contributed by atoms with Gasteiger partial charge in [0.2, 0.25) is 5.88 Å². The molecule has 0 aliphatic carbocycles. The maximum atomic E-state index is 5.77. The second kappa shape index (κ2) is 6.12. The number of imidazole rings is 1. The molecule has 0 saturated heterocycles. The van der Waals surface area contributed by atoms with Crippen molar-refractivity contribution in [3.05, 3.63) is 61.2 Å². The lowest BCUT2D eigenvalue weighted by molar-refractivity contribution is 0.398. The van der Waals surface area contributed by atoms with Crippen molar-refractivity contribution in [2.45, 2.75) is 0 Å². The summed E-state index contributed by atoms with van der Waals surface area (Å²) in [4.78, 5) is 13.1. The monoisotopic (exact) mass is 332 g/mol. The number of rotatable bonds is 4. The van der Waals surface area contributed by atoms with E-state index >= 15 is 0 Å². The summed E-state index contributed by atoms with van der Waals surface area (Å²) in [6, 6.07) is 11.4. The lowest BCUT2D eigenvalue weighted by Crippen LogP contribution is -1.99. The van der Waals surface area contributed by atoms with Crippen molar-refractivity contribution in [1.29, 1.82) is 0 Å². The molecule has 0 aliphatic rings. The average Bonchev–Trinajstić information content (AvgIpc) is 3.08. The summed E-state index contributed by atoms with van der Waals surface area (Å²) in [5.41, 5.74) is 10.0. The van der Waals surface area contributed by atoms with Crippen molar-refractivity contribution >= 4 is 22.8 Å². The van der Waals surface area contributed by atoms with E-state index in [0.717, 1.165) is 28.3 Å². The van der Waals surface area contributed by atoms with Gasteiger partial charge in [0.05, 0.1) is 30.9 Å². The molecular formula is C18H16N6O. The molecule has 0 unspecified atom stereocenters. The van der Waals surface area contributed by atoms with E-state index in [1.54, 1.807) is 25.6 Å². The standard InChI is InChI=1S/C18H16N6O/c1-25-16-7-6-14(10-21-16)23-17-18-22-11-15(24(18)9-8-20-17)12-2-4-13(19)5-3-12/h2-11H,19H2,1H3,(H,20,23). The zero-order valence-electron chi connectivity index (χ0n) is 13.5. The van der Waals surface area contributed by atoms with E-state index in [4.69, 9.17) is 10.5 Å². The quantitative estimate of drug-likeness (QED) is 0.558. The SMILES string of the molecule is COc1ccc(Nc2nccn3c(-c4ccc(N)cc4)cnc23)cn1. The summed E-state index contributed by atoms with van der Waals surface area (Å²) < 4.78 is 7.05. The van der Waals surface area contributed by atoms with Gasteiger partial charge in [-0.05, 0) is 18.2 Å². The van der Waals surface area contributed by atoms with Crippen molar-refractivity contribution in [3.8, 4) is 17.1 Å². The Hall–Kier alpha value is -3.61. The van der Waals surface area contributed by atoms with Crippen LogP contribution in [0.3, 0.4) is 0 Å². The number of ether oxygens (including phenoxy) is 1. The van der Waals surface area contributed by atoms with Crippen LogP contribution < -0.4 is 15.8 Å². The van der Waals surface area contributed by atoms with E-state index in [1.807, 2.05) is 47.1 Å². The third-order valence-corrected chi connectivity index (χ3v) is 3.84. The first-order valence-corrected chi connectivity index (χ1v) is 7.69. The number of aromatic nitrogens is 4. The number of nitrogens with one attached hydrogen (secondary N) is 1. The molecule has 0 aliphatic heterocycles. The predicted molar refractivity (Wildman–Crippen MR) is 96.9 cm³/mol. The number of hydrogen-bond donors (Lipinski definition) is 2. The zero-order valence-corrected chi connectivity index (χ0v) is 13.5. The number of nitrogen functional groups attached to an aromatic ring is 1. The fourth-order valence-corrected chi connectivity index (χ4v) is 2.59. The minimum absolute atomic E-state index is 0.558. The number of nitrogens with zero attached hydrogens (tertiary/aromatic N) is 4. The van der Waals surface area contributed by atoms with Crippen molar-refractivity contribution in [1.82, 2.24) is 19.4 Å². The number of benzene rings is 1. The van der Waals surface area contributed by atoms with Crippen molar-refractivity contribution in [2.24, 2.45) is 0 Å². The molecular weight excluding hydrogens is 316 g/mol. The number of hydrogen-bond acceptors (Lipinski definition) is 6. The summed E-state index contributed by atoms with van der Waals surface area (Å²) in [5, 5.41) is 3.24. The van der Waals surface area contributed by atoms with Crippen LogP contribution in [0.2, 0.25) is 0 Å². The van der Waals surface area contributed by atoms with Crippen LogP contribution in [0.25, 0.3) is 16.9 Å². The fourth-order valence-electron chi connectivity index (χ4n) is 2.59. The summed E-state index contributed by atoms with van der Waals surface area (Å²) in [5.74, 6) is 1.21. The topological polar surface area (TPSA) is 90.4 Å². The highest BCUT2D eigenvalue weighted by molar-refractivity contribution is 5.74. The summed E-state index contributed by atoms with van der Waals surface area (Å²) >= 11 is 0. The molecule has 4 aromatic rings. The van der Waals surface area contributed by atoms with Gasteiger partial charge in [-0.3, -0.25) is 4.40 Å². The van der Waals surface area contributed by atoms with Gasteiger partial charge in [-0.25, -0.2) is 15.0 Å². The largest absolute Gasteiger partial charge is 0.481 e. The second-order valence-electron chi connectivity index (χ2n) is 5.45. The summed E-state index contributed by atoms with van der Waals surface area (Å²) in [6.45, 7) is 0. The highest BCUT2D eigenvalue weighted by Crippen LogP contribution is 2.25. The minimum Gasteiger partial charge on any atom is -0.481 e. The fraction of sp³-hybridized carbons (Fsp3) is 0.0556. The number of methoxy groups -OCH3 is 1. The number of pyridine rings is 1. The van der Waals surface area contributed by atoms with Crippen LogP contribution in [-0.2, 0) is 0 Å². The van der Waals surface area contributed by atoms with E-state index in [-0.39, 0.29) is 0 Å². The maximum absolute atomic E-state index is 5.77. The van der Waals surface area contributed by atoms with Gasteiger partial charge in [0.15, 0.2) is 11.5 Å². The second-order valence-corrected chi connectivity index (χ2v) is 5.45. The molecule has 7 nitrogen and oxygen atoms in total. The van der Waals surface area contributed by atoms with Gasteiger partial charge in [0.1, 0.15) is 0 Å². The number of nitrogens with two attached hydrogens (primary N) is 1. The third-order valence-electron chi connectivity index (χ3n) is 3.84. The molecule has 7 heteroatoms. The lowest BCUT2D eigenvalue weighted by atomic mass is 10.1. The zero-order chi connectivity index (χ0) is 17.2. The molecule has 3 N–H and O–H groups in total. The van der Waals surface area contributed by atoms with Crippen LogP contribution in [0.5, 0.6) is 5.88 Å². The Kier molecular flexibility index (Phi) is 3.66. The smallest absolute Gasteiger partial charge is 0.213 e. The summed E-state index contributed by atoms with van der Waals surface area (Å²) in [6.07, 6.45) is 7.12. The number of fused-ring (bicyclic) bond motifs is 1. The first kappa shape index (κ1) is 14.9. The van der Waals surface area contributed by atoms with E-state index in [2.05, 4.69) is 20.3 Å². The molecule has 0 fully saturated rings. The molecule has 0 spiro atoms. The molecule has 3 aromatic heterocycles. The first-order chi connectivity index (χ1) is 12.2. The van der Waals surface area contributed by atoms with E-state index in [0.29, 0.717) is 11.7 Å². The molecule has 0 saturated carbocycles. The van der Waals surface area contributed by atoms with Crippen LogP contribution in [0.1, 0.15) is 0 Å². The molecule has 0 amide bonds. The van der Waals surface area contributed by atoms with Gasteiger partial charge >= 0.3 is 0 Å². The predicted octanol–water partition coefficient (Wildman–Crippen LogP) is 3.13. The Morgan fingerprint density at radius 2 is 1.84 bits per heavy atom. The average molecular weight is 332 g/mol. The molecule has 0 atom stereocenters. The van der Waals surface area contributed by atoms with Crippen molar-refractivity contribution in [3.63, 3.8) is 0 Å². The third kappa shape index (κ3) is 2.83. The molecule has 124 valence electrons. The molecule has 25 heavy (non-hydrogen) atoms. The van der Waals surface area contributed by atoms with Crippen LogP contribution in [0, 0.1) is 0 Å². The minimum atomic E-state index is 0.558. The first-order valence-electron chi connectivity index (χ1n) is 7.69. The van der Waals surface area contributed by atoms with Crippen LogP contribution in [0.15, 0.2) is 61.2 Å². The Bertz CT molecular complexity index is 1010. The Morgan fingerprint density at radius 1 is 1.00 bits per heavy atom. The van der Waals surface area contributed by atoms with E-state index in [1.165, 1.54) is 0 Å². The Balaban J connectivity index is 1.72. The number of anilines is 3. The van der Waals surface area contributed by atoms with Crippen LogP contribution in [0.4, 0.5) is 17.2 Å². The van der Waals surface area contributed by atoms with Gasteiger partial charge in [0, 0.05) is 29.7 Å². The van der Waals surface area contributed by atoms with Gasteiger partial charge < -0.3 is 15.8 Å².